The van der Waals surface area contributed by atoms with E-state index in [-0.39, 0.29) is 12.2 Å². The minimum absolute atomic E-state index is 0.0882. The van der Waals surface area contributed by atoms with Gasteiger partial charge in [-0.15, -0.1) is 5.10 Å². The number of amides is 3. The lowest BCUT2D eigenvalue weighted by Crippen LogP contribution is -2.35. The molecule has 30 heavy (non-hydrogen) atoms. The first kappa shape index (κ1) is 19.4. The number of urea groups is 1. The molecule has 1 aliphatic rings. The van der Waals surface area contributed by atoms with Crippen molar-refractivity contribution in [2.24, 2.45) is 0 Å². The van der Waals surface area contributed by atoms with Crippen LogP contribution in [0, 0.1) is 11.6 Å². The van der Waals surface area contributed by atoms with Crippen molar-refractivity contribution in [3.8, 4) is 11.4 Å². The highest BCUT2D eigenvalue weighted by atomic mass is 19.2. The van der Waals surface area contributed by atoms with Gasteiger partial charge in [-0.3, -0.25) is 4.79 Å². The summed E-state index contributed by atoms with van der Waals surface area (Å²) in [6, 6.07) is 9.70. The van der Waals surface area contributed by atoms with Gasteiger partial charge in [-0.05, 0) is 59.7 Å². The average Bonchev–Trinajstić information content (AvgIpc) is 3.46. The monoisotopic (exact) mass is 413 g/mol. The molecule has 1 heterocycles. The van der Waals surface area contributed by atoms with Gasteiger partial charge in [-0.25, -0.2) is 18.3 Å². The van der Waals surface area contributed by atoms with Crippen LogP contribution in [0.1, 0.15) is 18.9 Å². The van der Waals surface area contributed by atoms with Crippen LogP contribution >= 0.6 is 0 Å². The number of tetrazole rings is 1. The molecular formula is C19H17F2N7O2. The highest BCUT2D eigenvalue weighted by molar-refractivity contribution is 5.97. The van der Waals surface area contributed by atoms with Crippen LogP contribution in [-0.2, 0) is 4.79 Å². The molecule has 1 aliphatic carbocycles. The van der Waals surface area contributed by atoms with Gasteiger partial charge >= 0.3 is 6.03 Å². The van der Waals surface area contributed by atoms with E-state index in [1.165, 1.54) is 6.07 Å². The van der Waals surface area contributed by atoms with Crippen LogP contribution in [0.5, 0.6) is 0 Å². The molecule has 0 aliphatic heterocycles. The van der Waals surface area contributed by atoms with E-state index in [9.17, 15) is 18.4 Å². The van der Waals surface area contributed by atoms with E-state index in [2.05, 4.69) is 31.5 Å². The van der Waals surface area contributed by atoms with Crippen LogP contribution in [0.15, 0.2) is 42.5 Å². The summed E-state index contributed by atoms with van der Waals surface area (Å²) in [4.78, 5) is 23.8. The molecule has 1 saturated carbocycles. The van der Waals surface area contributed by atoms with Crippen LogP contribution in [0.25, 0.3) is 11.4 Å². The van der Waals surface area contributed by atoms with Gasteiger partial charge in [-0.2, -0.15) is 0 Å². The molecule has 0 atom stereocenters. The van der Waals surface area contributed by atoms with E-state index in [1.807, 2.05) is 0 Å². The van der Waals surface area contributed by atoms with Gasteiger partial charge in [0, 0.05) is 23.0 Å². The van der Waals surface area contributed by atoms with Crippen molar-refractivity contribution in [3.05, 3.63) is 54.1 Å². The van der Waals surface area contributed by atoms with Gasteiger partial charge in [0.1, 0.15) is 0 Å². The minimum atomic E-state index is -1.08. The van der Waals surface area contributed by atoms with Crippen LogP contribution in [0.4, 0.5) is 25.0 Å². The summed E-state index contributed by atoms with van der Waals surface area (Å²) < 4.78 is 27.8. The zero-order valence-corrected chi connectivity index (χ0v) is 15.6. The Morgan fingerprint density at radius 2 is 1.73 bits per heavy atom. The number of hydrogen-bond donors (Lipinski definition) is 3. The molecule has 3 aromatic rings. The lowest BCUT2D eigenvalue weighted by molar-refractivity contribution is -0.115. The number of anilines is 2. The average molecular weight is 413 g/mol. The van der Waals surface area contributed by atoms with E-state index in [4.69, 9.17) is 0 Å². The third-order valence-corrected chi connectivity index (χ3v) is 4.40. The molecule has 3 N–H and O–H groups in total. The predicted octanol–water partition coefficient (Wildman–Crippen LogP) is 2.71. The maximum Gasteiger partial charge on any atom is 0.319 e. The Kier molecular flexibility index (Phi) is 5.33. The number of halogens is 2. The predicted molar refractivity (Wildman–Crippen MR) is 104 cm³/mol. The van der Waals surface area contributed by atoms with Crippen molar-refractivity contribution < 1.29 is 18.4 Å². The number of carbonyl (C=O) groups is 2. The summed E-state index contributed by atoms with van der Waals surface area (Å²) in [5.41, 5.74) is 1.43. The number of carbonyl (C=O) groups excluding carboxylic acids is 2. The van der Waals surface area contributed by atoms with Gasteiger partial charge in [0.25, 0.3) is 0 Å². The fourth-order valence-electron chi connectivity index (χ4n) is 2.77. The minimum Gasteiger partial charge on any atom is -0.329 e. The standard InChI is InChI=1S/C19H17F2N7O2/c20-15-8-5-13(9-16(15)21)23-17(29)10-22-19(30)24-12-3-1-11(2-4-12)18-25-26-27-28(18)14-6-7-14/h1-5,8-9,14H,6-7,10H2,(H,23,29)(H2,22,24,30). The van der Waals surface area contributed by atoms with Gasteiger partial charge in [0.05, 0.1) is 12.6 Å². The third-order valence-electron chi connectivity index (χ3n) is 4.40. The smallest absolute Gasteiger partial charge is 0.319 e. The first-order valence-corrected chi connectivity index (χ1v) is 9.17. The highest BCUT2D eigenvalue weighted by Crippen LogP contribution is 2.36. The highest BCUT2D eigenvalue weighted by Gasteiger charge is 2.28. The van der Waals surface area contributed by atoms with E-state index >= 15 is 0 Å². The van der Waals surface area contributed by atoms with Crippen molar-refractivity contribution in [2.75, 3.05) is 17.2 Å². The third kappa shape index (κ3) is 4.57. The normalized spacial score (nSPS) is 13.0. The largest absolute Gasteiger partial charge is 0.329 e. The first-order chi connectivity index (χ1) is 14.5. The summed E-state index contributed by atoms with van der Waals surface area (Å²) >= 11 is 0. The van der Waals surface area contributed by atoms with Crippen molar-refractivity contribution in [3.63, 3.8) is 0 Å². The molecule has 0 saturated heterocycles. The van der Waals surface area contributed by atoms with Crippen LogP contribution in [0.3, 0.4) is 0 Å². The van der Waals surface area contributed by atoms with E-state index in [0.717, 1.165) is 30.5 Å². The molecular weight excluding hydrogens is 396 g/mol. The fraction of sp³-hybridized carbons (Fsp3) is 0.211. The van der Waals surface area contributed by atoms with Gasteiger partial charge in [0.15, 0.2) is 17.5 Å². The maximum atomic E-state index is 13.2. The topological polar surface area (TPSA) is 114 Å². The van der Waals surface area contributed by atoms with Crippen LogP contribution in [-0.4, -0.2) is 38.7 Å². The Labute approximate surface area is 169 Å². The number of benzene rings is 2. The summed E-state index contributed by atoms with van der Waals surface area (Å²) in [5.74, 6) is -2.01. The Hall–Kier alpha value is -3.89. The van der Waals surface area contributed by atoms with Gasteiger partial charge < -0.3 is 16.0 Å². The Morgan fingerprint density at radius 1 is 1.00 bits per heavy atom. The molecule has 11 heteroatoms. The maximum absolute atomic E-state index is 13.2. The van der Waals surface area contributed by atoms with E-state index < -0.39 is 23.6 Å². The van der Waals surface area contributed by atoms with Gasteiger partial charge in [0.2, 0.25) is 5.91 Å². The molecule has 1 fully saturated rings. The quantitative estimate of drug-likeness (QED) is 0.575. The summed E-state index contributed by atoms with van der Waals surface area (Å²) in [5, 5.41) is 19.1. The number of rotatable bonds is 6. The molecule has 0 spiro atoms. The Balaban J connectivity index is 1.28. The zero-order valence-electron chi connectivity index (χ0n) is 15.6. The van der Waals surface area contributed by atoms with Crippen molar-refractivity contribution in [2.45, 2.75) is 18.9 Å². The van der Waals surface area contributed by atoms with E-state index in [1.54, 1.807) is 28.9 Å². The van der Waals surface area contributed by atoms with Crippen LogP contribution in [0.2, 0.25) is 0 Å². The second kappa shape index (κ2) is 8.23. The molecule has 0 radical (unpaired) electrons. The molecule has 154 valence electrons. The van der Waals surface area contributed by atoms with E-state index in [0.29, 0.717) is 17.6 Å². The SMILES string of the molecule is O=C(CNC(=O)Nc1ccc(-c2nnnn2C2CC2)cc1)Nc1ccc(F)c(F)c1. The van der Waals surface area contributed by atoms with Crippen molar-refractivity contribution >= 4 is 23.3 Å². The van der Waals surface area contributed by atoms with Crippen molar-refractivity contribution in [1.29, 1.82) is 0 Å². The van der Waals surface area contributed by atoms with Gasteiger partial charge in [-0.1, -0.05) is 0 Å². The Morgan fingerprint density at radius 3 is 2.43 bits per heavy atom. The molecule has 3 amide bonds. The summed E-state index contributed by atoms with van der Waals surface area (Å²) in [6.45, 7) is -0.348. The number of aromatic nitrogens is 4. The molecule has 0 unspecified atom stereocenters. The summed E-state index contributed by atoms with van der Waals surface area (Å²) in [7, 11) is 0. The summed E-state index contributed by atoms with van der Waals surface area (Å²) in [6.07, 6.45) is 2.11. The second-order valence-electron chi connectivity index (χ2n) is 6.74. The lowest BCUT2D eigenvalue weighted by Gasteiger charge is -2.09. The second-order valence-corrected chi connectivity index (χ2v) is 6.74. The van der Waals surface area contributed by atoms with Crippen molar-refractivity contribution in [1.82, 2.24) is 25.5 Å². The fourth-order valence-corrected chi connectivity index (χ4v) is 2.77. The molecule has 4 rings (SSSR count). The van der Waals surface area contributed by atoms with Crippen LogP contribution < -0.4 is 16.0 Å². The first-order valence-electron chi connectivity index (χ1n) is 9.17. The number of hydrogen-bond acceptors (Lipinski definition) is 5. The lowest BCUT2D eigenvalue weighted by atomic mass is 10.2. The molecule has 9 nitrogen and oxygen atoms in total. The molecule has 2 aromatic carbocycles. The zero-order chi connectivity index (χ0) is 21.1. The molecule has 0 bridgehead atoms. The Bertz CT molecular complexity index is 1080. The molecule has 1 aromatic heterocycles. The number of nitrogens with one attached hydrogen (secondary N) is 3. The number of nitrogens with zero attached hydrogens (tertiary/aromatic N) is 4.